The molecule has 0 saturated carbocycles. The molecule has 1 aromatic rings. The number of hydrogen-bond acceptors (Lipinski definition) is 0. The van der Waals surface area contributed by atoms with Crippen LogP contribution in [0, 0.1) is 0 Å². The maximum atomic E-state index is 7.57. The zero-order chi connectivity index (χ0) is 8.81. The molecule has 1 rings (SSSR count). The highest BCUT2D eigenvalue weighted by atomic mass is 14.6. The van der Waals surface area contributed by atoms with Crippen LogP contribution >= 0.6 is 0 Å². The fourth-order valence-electron chi connectivity index (χ4n) is 1.09. The number of rotatable bonds is 3. The molecule has 1 nitrogen and oxygen atoms in total. The van der Waals surface area contributed by atoms with E-state index in [1.165, 1.54) is 0 Å². The SMILES string of the molecule is CCCC([NH])=Cc1ccccc1. The molecule has 0 aromatic heterocycles. The van der Waals surface area contributed by atoms with Gasteiger partial charge in [0.1, 0.15) is 0 Å². The molecule has 0 aliphatic rings. The molecule has 1 aromatic carbocycles. The van der Waals surface area contributed by atoms with Crippen molar-refractivity contribution in [1.29, 1.82) is 0 Å². The molecular formula is C11H14N. The summed E-state index contributed by atoms with van der Waals surface area (Å²) in [6.45, 7) is 2.09. The summed E-state index contributed by atoms with van der Waals surface area (Å²) in [5.74, 6) is 0. The summed E-state index contributed by atoms with van der Waals surface area (Å²) in [5, 5.41) is 0. The number of allylic oxidation sites excluding steroid dienone is 1. The summed E-state index contributed by atoms with van der Waals surface area (Å²) in [5.41, 5.74) is 9.40. The Hall–Kier alpha value is -1.24. The molecule has 63 valence electrons. The van der Waals surface area contributed by atoms with Crippen LogP contribution in [0.5, 0.6) is 0 Å². The van der Waals surface area contributed by atoms with E-state index in [-0.39, 0.29) is 0 Å². The Labute approximate surface area is 73.9 Å². The van der Waals surface area contributed by atoms with Crippen molar-refractivity contribution in [3.8, 4) is 0 Å². The van der Waals surface area contributed by atoms with E-state index in [4.69, 9.17) is 5.73 Å². The lowest BCUT2D eigenvalue weighted by molar-refractivity contribution is 0.891. The normalized spacial score (nSPS) is 11.6. The Balaban J connectivity index is 2.67. The first-order valence-electron chi connectivity index (χ1n) is 4.30. The molecule has 0 spiro atoms. The third kappa shape index (κ3) is 2.79. The van der Waals surface area contributed by atoms with Gasteiger partial charge < -0.3 is 5.73 Å². The summed E-state index contributed by atoms with van der Waals surface area (Å²) >= 11 is 0. The highest BCUT2D eigenvalue weighted by molar-refractivity contribution is 5.51. The predicted molar refractivity (Wildman–Crippen MR) is 52.4 cm³/mol. The van der Waals surface area contributed by atoms with E-state index in [0.29, 0.717) is 5.70 Å². The Kier molecular flexibility index (Phi) is 3.39. The fourth-order valence-corrected chi connectivity index (χ4v) is 1.09. The molecule has 0 atom stereocenters. The summed E-state index contributed by atoms with van der Waals surface area (Å²) in [6.07, 6.45) is 3.83. The van der Waals surface area contributed by atoms with Crippen LogP contribution in [0.3, 0.4) is 0 Å². The van der Waals surface area contributed by atoms with Crippen LogP contribution in [0.15, 0.2) is 36.0 Å². The van der Waals surface area contributed by atoms with Gasteiger partial charge in [-0.2, -0.15) is 0 Å². The molecule has 0 amide bonds. The van der Waals surface area contributed by atoms with Crippen LogP contribution in [-0.4, -0.2) is 0 Å². The monoisotopic (exact) mass is 160 g/mol. The van der Waals surface area contributed by atoms with Crippen LogP contribution < -0.4 is 5.73 Å². The Morgan fingerprint density at radius 1 is 1.33 bits per heavy atom. The van der Waals surface area contributed by atoms with E-state index < -0.39 is 0 Å². The lowest BCUT2D eigenvalue weighted by atomic mass is 10.1. The van der Waals surface area contributed by atoms with Crippen LogP contribution in [0.2, 0.25) is 0 Å². The molecule has 0 aliphatic heterocycles. The lowest BCUT2D eigenvalue weighted by Crippen LogP contribution is -1.82. The molecule has 0 saturated heterocycles. The van der Waals surface area contributed by atoms with Crippen molar-refractivity contribution >= 4 is 6.08 Å². The summed E-state index contributed by atoms with van der Waals surface area (Å²) < 4.78 is 0. The smallest absolute Gasteiger partial charge is 0.0319 e. The third-order valence-corrected chi connectivity index (χ3v) is 1.66. The van der Waals surface area contributed by atoms with Gasteiger partial charge in [0.15, 0.2) is 0 Å². The minimum absolute atomic E-state index is 0.712. The fraction of sp³-hybridized carbons (Fsp3) is 0.273. The van der Waals surface area contributed by atoms with Crippen molar-refractivity contribution in [3.05, 3.63) is 41.6 Å². The van der Waals surface area contributed by atoms with Crippen LogP contribution in [0.4, 0.5) is 0 Å². The van der Waals surface area contributed by atoms with Gasteiger partial charge in [-0.05, 0) is 18.1 Å². The first-order chi connectivity index (χ1) is 5.83. The highest BCUT2D eigenvalue weighted by Gasteiger charge is 1.89. The van der Waals surface area contributed by atoms with Gasteiger partial charge in [0.25, 0.3) is 0 Å². The Morgan fingerprint density at radius 3 is 2.58 bits per heavy atom. The van der Waals surface area contributed by atoms with Gasteiger partial charge in [-0.1, -0.05) is 43.7 Å². The van der Waals surface area contributed by atoms with Gasteiger partial charge in [-0.25, -0.2) is 0 Å². The molecule has 0 aliphatic carbocycles. The first-order valence-corrected chi connectivity index (χ1v) is 4.30. The van der Waals surface area contributed by atoms with Crippen molar-refractivity contribution in [2.45, 2.75) is 19.8 Å². The minimum Gasteiger partial charge on any atom is -0.305 e. The molecule has 0 heterocycles. The Bertz CT molecular complexity index is 249. The van der Waals surface area contributed by atoms with Crippen LogP contribution in [-0.2, 0) is 0 Å². The quantitative estimate of drug-likeness (QED) is 0.648. The minimum atomic E-state index is 0.712. The number of nitrogens with one attached hydrogen (secondary N) is 1. The molecule has 0 bridgehead atoms. The summed E-state index contributed by atoms with van der Waals surface area (Å²) in [7, 11) is 0. The molecule has 1 N–H and O–H groups in total. The zero-order valence-electron chi connectivity index (χ0n) is 7.38. The maximum absolute atomic E-state index is 7.57. The van der Waals surface area contributed by atoms with Gasteiger partial charge in [-0.15, -0.1) is 0 Å². The van der Waals surface area contributed by atoms with Crippen molar-refractivity contribution < 1.29 is 0 Å². The van der Waals surface area contributed by atoms with Gasteiger partial charge in [0, 0.05) is 5.70 Å². The summed E-state index contributed by atoms with van der Waals surface area (Å²) in [4.78, 5) is 0. The van der Waals surface area contributed by atoms with E-state index in [9.17, 15) is 0 Å². The maximum Gasteiger partial charge on any atom is 0.0319 e. The molecule has 12 heavy (non-hydrogen) atoms. The molecule has 0 fully saturated rings. The average Bonchev–Trinajstić information content (AvgIpc) is 2.06. The van der Waals surface area contributed by atoms with Gasteiger partial charge in [-0.3, -0.25) is 0 Å². The third-order valence-electron chi connectivity index (χ3n) is 1.66. The standard InChI is InChI=1S/C11H14N/c1-2-6-11(12)9-10-7-4-3-5-8-10/h3-5,7-9,12H,2,6H2,1H3. The van der Waals surface area contributed by atoms with Crippen molar-refractivity contribution in [2.24, 2.45) is 0 Å². The predicted octanol–water partition coefficient (Wildman–Crippen LogP) is 3.11. The molecular weight excluding hydrogens is 146 g/mol. The number of benzene rings is 1. The molecule has 0 unspecified atom stereocenters. The second-order valence-corrected chi connectivity index (χ2v) is 2.83. The van der Waals surface area contributed by atoms with E-state index in [1.807, 2.05) is 36.4 Å². The lowest BCUT2D eigenvalue weighted by Gasteiger charge is -1.96. The Morgan fingerprint density at radius 2 is 2.00 bits per heavy atom. The van der Waals surface area contributed by atoms with E-state index >= 15 is 0 Å². The topological polar surface area (TPSA) is 23.8 Å². The number of hydrogen-bond donors (Lipinski definition) is 0. The van der Waals surface area contributed by atoms with E-state index in [1.54, 1.807) is 0 Å². The van der Waals surface area contributed by atoms with E-state index in [0.717, 1.165) is 18.4 Å². The largest absolute Gasteiger partial charge is 0.305 e. The van der Waals surface area contributed by atoms with Crippen molar-refractivity contribution in [2.75, 3.05) is 0 Å². The van der Waals surface area contributed by atoms with Crippen LogP contribution in [0.1, 0.15) is 25.3 Å². The van der Waals surface area contributed by atoms with Crippen molar-refractivity contribution in [1.82, 2.24) is 5.73 Å². The van der Waals surface area contributed by atoms with Gasteiger partial charge in [0.2, 0.25) is 0 Å². The molecule has 1 heteroatoms. The van der Waals surface area contributed by atoms with Crippen LogP contribution in [0.25, 0.3) is 6.08 Å². The second kappa shape index (κ2) is 4.60. The van der Waals surface area contributed by atoms with Crippen molar-refractivity contribution in [3.63, 3.8) is 0 Å². The van der Waals surface area contributed by atoms with E-state index in [2.05, 4.69) is 6.92 Å². The highest BCUT2D eigenvalue weighted by Crippen LogP contribution is 2.07. The first kappa shape index (κ1) is 8.85. The van der Waals surface area contributed by atoms with Gasteiger partial charge in [0.05, 0.1) is 0 Å². The second-order valence-electron chi connectivity index (χ2n) is 2.83. The molecule has 1 radical (unpaired) electrons. The van der Waals surface area contributed by atoms with Gasteiger partial charge >= 0.3 is 0 Å². The average molecular weight is 160 g/mol. The zero-order valence-corrected chi connectivity index (χ0v) is 7.38. The summed E-state index contributed by atoms with van der Waals surface area (Å²) in [6, 6.07) is 10.0.